The summed E-state index contributed by atoms with van der Waals surface area (Å²) in [6, 6.07) is 51.6. The van der Waals surface area contributed by atoms with Crippen LogP contribution in [0.3, 0.4) is 0 Å². The zero-order valence-electron chi connectivity index (χ0n) is 33.1. The first kappa shape index (κ1) is 43.8. The van der Waals surface area contributed by atoms with E-state index in [-0.39, 0.29) is 11.6 Å². The lowest BCUT2D eigenvalue weighted by Crippen LogP contribution is -2.10. The van der Waals surface area contributed by atoms with E-state index in [1.165, 1.54) is 0 Å². The number of benzene rings is 6. The molecule has 7 aromatic rings. The Morgan fingerprint density at radius 1 is 0.508 bits per heavy atom. The predicted octanol–water partition coefficient (Wildman–Crippen LogP) is 10.1. The molecule has 0 aliphatic heterocycles. The Morgan fingerprint density at radius 2 is 0.898 bits per heavy atom. The van der Waals surface area contributed by atoms with Gasteiger partial charge in [-0.3, -0.25) is 10.2 Å². The number of amidine groups is 1. The number of hydrogen-bond acceptors (Lipinski definition) is 10. The standard InChI is InChI=1S/C24H20N2O2.C17H16O3.C7H8N2.O2/c1-27-20-12-8-17(9-13-20)22-16-23(18-10-14-21(28-2)15-11-18)26-24(25-22)19-6-4-3-5-7-19;1-19-15-8-3-13(4-9-15)5-12-17(18)14-6-10-16(20-2)11-7-14;8-7(9)6-4-2-1-3-5-6;1-2/h3-16H,1-2H3;3-12H,1-2H3;1-5H,(H3,8,9);/b;12-5+;;. The molecule has 11 heteroatoms. The number of hydrogen-bond donors (Lipinski definition) is 2. The van der Waals surface area contributed by atoms with Crippen molar-refractivity contribution in [1.29, 1.82) is 5.41 Å². The first-order chi connectivity index (χ1) is 28.8. The molecule has 1 aromatic heterocycles. The number of methoxy groups -OCH3 is 4. The van der Waals surface area contributed by atoms with E-state index in [1.807, 2.05) is 140 Å². The molecule has 0 saturated carbocycles. The lowest BCUT2D eigenvalue weighted by molar-refractivity contribution is 0.104. The average Bonchev–Trinajstić information content (AvgIpc) is 3.32. The summed E-state index contributed by atoms with van der Waals surface area (Å²) in [5.41, 5.74) is 12.3. The maximum absolute atomic E-state index is 12.0. The van der Waals surface area contributed by atoms with E-state index >= 15 is 0 Å². The fraction of sp³-hybridized carbons (Fsp3) is 0.0833. The Bertz CT molecular complexity index is 2310. The van der Waals surface area contributed by atoms with Gasteiger partial charge in [0, 0.05) is 37.7 Å². The van der Waals surface area contributed by atoms with Crippen LogP contribution >= 0.6 is 0 Å². The Morgan fingerprint density at radius 3 is 1.29 bits per heavy atom. The molecular formula is C48H44N4O7. The summed E-state index contributed by atoms with van der Waals surface area (Å²) in [7, 11) is 6.54. The van der Waals surface area contributed by atoms with Gasteiger partial charge in [0.15, 0.2) is 11.6 Å². The highest BCUT2D eigenvalue weighted by atomic mass is 16.7. The zero-order valence-corrected chi connectivity index (χ0v) is 33.1. The van der Waals surface area contributed by atoms with Crippen LogP contribution in [0, 0.1) is 15.3 Å². The summed E-state index contributed by atoms with van der Waals surface area (Å²) in [6.45, 7) is 0. The van der Waals surface area contributed by atoms with Crippen molar-refractivity contribution in [2.75, 3.05) is 28.4 Å². The number of nitrogens with one attached hydrogen (secondary N) is 1. The molecule has 0 saturated heterocycles. The van der Waals surface area contributed by atoms with Crippen LogP contribution in [-0.2, 0) is 0 Å². The first-order valence-corrected chi connectivity index (χ1v) is 18.1. The van der Waals surface area contributed by atoms with Crippen LogP contribution < -0.4 is 24.7 Å². The number of aromatic nitrogens is 2. The van der Waals surface area contributed by atoms with E-state index in [1.54, 1.807) is 64.9 Å². The Hall–Kier alpha value is -7.92. The van der Waals surface area contributed by atoms with Gasteiger partial charge >= 0.3 is 0 Å². The van der Waals surface area contributed by atoms with E-state index in [0.717, 1.165) is 62.2 Å². The second-order valence-electron chi connectivity index (χ2n) is 12.3. The van der Waals surface area contributed by atoms with E-state index in [9.17, 15) is 4.79 Å². The van der Waals surface area contributed by atoms with E-state index in [4.69, 9.17) is 50.0 Å². The summed E-state index contributed by atoms with van der Waals surface area (Å²) in [5.74, 6) is 3.94. The van der Waals surface area contributed by atoms with Gasteiger partial charge in [0.1, 0.15) is 28.8 Å². The summed E-state index contributed by atoms with van der Waals surface area (Å²) in [6.07, 6.45) is 3.34. The largest absolute Gasteiger partial charge is 0.497 e. The molecular weight excluding hydrogens is 745 g/mol. The SMILES string of the molecule is COc1ccc(-c2cc(-c3ccc(OC)cc3)nc(-c3ccccc3)n2)cc1.COc1ccc(/C=C/C(=O)c2ccc(OC)cc2)cc1.N=C(N)c1ccccc1.O=O. The molecule has 3 N–H and O–H groups in total. The van der Waals surface area contributed by atoms with Crippen molar-refractivity contribution in [2.24, 2.45) is 5.73 Å². The Labute approximate surface area is 343 Å². The summed E-state index contributed by atoms with van der Waals surface area (Å²) < 4.78 is 20.7. The predicted molar refractivity (Wildman–Crippen MR) is 235 cm³/mol. The summed E-state index contributed by atoms with van der Waals surface area (Å²) in [5, 5.41) is 7.01. The Kier molecular flexibility index (Phi) is 17.2. The minimum absolute atomic E-state index is 0.0385. The van der Waals surface area contributed by atoms with Gasteiger partial charge in [0.25, 0.3) is 0 Å². The van der Waals surface area contributed by atoms with Crippen LogP contribution in [0.2, 0.25) is 0 Å². The molecule has 6 aromatic carbocycles. The van der Waals surface area contributed by atoms with Gasteiger partial charge in [-0.2, -0.15) is 0 Å². The molecule has 0 atom stereocenters. The lowest BCUT2D eigenvalue weighted by atomic mass is 10.1. The third-order valence-corrected chi connectivity index (χ3v) is 8.53. The molecule has 11 nitrogen and oxygen atoms in total. The van der Waals surface area contributed by atoms with Crippen LogP contribution in [0.5, 0.6) is 23.0 Å². The molecule has 298 valence electrons. The van der Waals surface area contributed by atoms with Crippen molar-refractivity contribution in [1.82, 2.24) is 9.97 Å². The average molecular weight is 789 g/mol. The van der Waals surface area contributed by atoms with Gasteiger partial charge < -0.3 is 24.7 Å². The molecule has 0 unspecified atom stereocenters. The van der Waals surface area contributed by atoms with Gasteiger partial charge in [-0.1, -0.05) is 78.9 Å². The fourth-order valence-electron chi connectivity index (χ4n) is 5.34. The van der Waals surface area contributed by atoms with Crippen molar-refractivity contribution in [3.05, 3.63) is 196 Å². The highest BCUT2D eigenvalue weighted by molar-refractivity contribution is 6.06. The minimum Gasteiger partial charge on any atom is -0.497 e. The smallest absolute Gasteiger partial charge is 0.185 e. The highest BCUT2D eigenvalue weighted by Crippen LogP contribution is 2.29. The molecule has 0 fully saturated rings. The maximum Gasteiger partial charge on any atom is 0.185 e. The van der Waals surface area contributed by atoms with E-state index < -0.39 is 0 Å². The highest BCUT2D eigenvalue weighted by Gasteiger charge is 2.11. The molecule has 0 aliphatic carbocycles. The monoisotopic (exact) mass is 788 g/mol. The van der Waals surface area contributed by atoms with E-state index in [2.05, 4.69) is 0 Å². The molecule has 7 rings (SSSR count). The third-order valence-electron chi connectivity index (χ3n) is 8.53. The normalized spacial score (nSPS) is 9.97. The quantitative estimate of drug-likeness (QED) is 0.0558. The van der Waals surface area contributed by atoms with Crippen molar-refractivity contribution < 1.29 is 23.7 Å². The zero-order chi connectivity index (χ0) is 42.4. The second kappa shape index (κ2) is 23.2. The van der Waals surface area contributed by atoms with Crippen molar-refractivity contribution in [3.8, 4) is 56.9 Å². The number of carbonyl (C=O) groups excluding carboxylic acids is 1. The van der Waals surface area contributed by atoms with Gasteiger partial charge in [0.05, 0.1) is 39.8 Å². The number of allylic oxidation sites excluding steroid dienone is 1. The summed E-state index contributed by atoms with van der Waals surface area (Å²) >= 11 is 0. The van der Waals surface area contributed by atoms with Crippen LogP contribution in [0.15, 0.2) is 170 Å². The van der Waals surface area contributed by atoms with Crippen LogP contribution in [0.4, 0.5) is 0 Å². The van der Waals surface area contributed by atoms with Gasteiger partial charge in [-0.05, 0) is 103 Å². The minimum atomic E-state index is -0.0385. The molecule has 1 heterocycles. The number of carbonyl (C=O) groups is 1. The first-order valence-electron chi connectivity index (χ1n) is 18.1. The number of ketones is 1. The fourth-order valence-corrected chi connectivity index (χ4v) is 5.34. The number of ether oxygens (including phenoxy) is 4. The van der Waals surface area contributed by atoms with Crippen molar-refractivity contribution in [3.63, 3.8) is 0 Å². The Balaban J connectivity index is 0.000000215. The topological polar surface area (TPSA) is 164 Å². The van der Waals surface area contributed by atoms with Crippen molar-refractivity contribution in [2.45, 2.75) is 0 Å². The molecule has 0 aliphatic rings. The van der Waals surface area contributed by atoms with E-state index in [0.29, 0.717) is 11.4 Å². The number of nitrogens with zero attached hydrogens (tertiary/aromatic N) is 2. The molecule has 0 spiro atoms. The number of nitrogens with two attached hydrogens (primary N) is 1. The molecule has 0 amide bonds. The van der Waals surface area contributed by atoms with Crippen molar-refractivity contribution >= 4 is 17.7 Å². The molecule has 59 heavy (non-hydrogen) atoms. The van der Waals surface area contributed by atoms with Gasteiger partial charge in [0.2, 0.25) is 0 Å². The van der Waals surface area contributed by atoms with Crippen LogP contribution in [-0.4, -0.2) is 50.0 Å². The maximum atomic E-state index is 12.0. The van der Waals surface area contributed by atoms with Gasteiger partial charge in [-0.25, -0.2) is 9.97 Å². The molecule has 0 radical (unpaired) electrons. The number of nitrogen functional groups attached to an aromatic ring is 1. The summed E-state index contributed by atoms with van der Waals surface area (Å²) in [4.78, 5) is 35.6. The lowest BCUT2D eigenvalue weighted by Gasteiger charge is -2.10. The molecule has 0 bridgehead atoms. The van der Waals surface area contributed by atoms with Gasteiger partial charge in [-0.15, -0.1) is 0 Å². The third kappa shape index (κ3) is 13.4. The second-order valence-corrected chi connectivity index (χ2v) is 12.3. The number of rotatable bonds is 11. The van der Waals surface area contributed by atoms with Crippen LogP contribution in [0.25, 0.3) is 40.0 Å². The van der Waals surface area contributed by atoms with Crippen LogP contribution in [0.1, 0.15) is 21.5 Å².